The summed E-state index contributed by atoms with van der Waals surface area (Å²) in [7, 11) is 0. The molecule has 106 valence electrons. The summed E-state index contributed by atoms with van der Waals surface area (Å²) in [6.07, 6.45) is 6.98. The van der Waals surface area contributed by atoms with Gasteiger partial charge in [0.15, 0.2) is 0 Å². The second-order valence-corrected chi connectivity index (χ2v) is 6.87. The molecular weight excluding hydrogens is 250 g/mol. The van der Waals surface area contributed by atoms with E-state index in [0.29, 0.717) is 0 Å². The van der Waals surface area contributed by atoms with Crippen LogP contribution >= 0.6 is 11.8 Å². The molecule has 0 aromatic heterocycles. The Morgan fingerprint density at radius 3 is 2.84 bits per heavy atom. The van der Waals surface area contributed by atoms with E-state index in [1.807, 2.05) is 0 Å². The summed E-state index contributed by atoms with van der Waals surface area (Å²) in [5.41, 5.74) is 2.85. The molecule has 1 saturated carbocycles. The molecule has 2 atom stereocenters. The third kappa shape index (κ3) is 4.85. The Morgan fingerprint density at radius 1 is 1.21 bits per heavy atom. The van der Waals surface area contributed by atoms with Crippen LogP contribution in [0.3, 0.4) is 0 Å². The summed E-state index contributed by atoms with van der Waals surface area (Å²) < 4.78 is 0. The summed E-state index contributed by atoms with van der Waals surface area (Å²) in [5.74, 6) is 1.16. The van der Waals surface area contributed by atoms with Gasteiger partial charge in [-0.25, -0.2) is 0 Å². The molecule has 0 amide bonds. The van der Waals surface area contributed by atoms with Gasteiger partial charge in [0.25, 0.3) is 0 Å². The molecule has 1 aromatic rings. The van der Waals surface area contributed by atoms with Crippen LogP contribution in [0.25, 0.3) is 0 Å². The van der Waals surface area contributed by atoms with Gasteiger partial charge < -0.3 is 5.32 Å². The van der Waals surface area contributed by atoms with Crippen molar-refractivity contribution in [2.75, 3.05) is 6.54 Å². The van der Waals surface area contributed by atoms with Crippen LogP contribution in [0.2, 0.25) is 0 Å². The fourth-order valence-corrected chi connectivity index (χ4v) is 4.36. The highest BCUT2D eigenvalue weighted by Gasteiger charge is 2.23. The number of benzene rings is 1. The number of thioether (sulfide) groups is 1. The largest absolute Gasteiger partial charge is 0.313 e. The molecule has 0 spiro atoms. The van der Waals surface area contributed by atoms with Gasteiger partial charge in [-0.1, -0.05) is 56.0 Å². The first-order chi connectivity index (χ1) is 9.29. The SMILES string of the molecule is CCNC1CCCCCC1SCc1cccc(C)c1. The van der Waals surface area contributed by atoms with Crippen LogP contribution in [-0.2, 0) is 5.75 Å². The summed E-state index contributed by atoms with van der Waals surface area (Å²) in [6.45, 7) is 5.51. The maximum atomic E-state index is 3.70. The van der Waals surface area contributed by atoms with Gasteiger partial charge in [0.05, 0.1) is 0 Å². The minimum atomic E-state index is 0.724. The Labute approximate surface area is 122 Å². The highest BCUT2D eigenvalue weighted by Crippen LogP contribution is 2.30. The van der Waals surface area contributed by atoms with Crippen molar-refractivity contribution >= 4 is 11.8 Å². The zero-order chi connectivity index (χ0) is 13.5. The van der Waals surface area contributed by atoms with E-state index in [1.54, 1.807) is 0 Å². The molecule has 1 aliphatic carbocycles. The Bertz CT molecular complexity index is 377. The van der Waals surface area contributed by atoms with E-state index < -0.39 is 0 Å². The van der Waals surface area contributed by atoms with Crippen molar-refractivity contribution in [3.8, 4) is 0 Å². The van der Waals surface area contributed by atoms with E-state index in [1.165, 1.54) is 43.2 Å². The molecular formula is C17H27NS. The van der Waals surface area contributed by atoms with Crippen molar-refractivity contribution in [3.63, 3.8) is 0 Å². The normalized spacial score (nSPS) is 24.1. The summed E-state index contributed by atoms with van der Waals surface area (Å²) in [5, 5.41) is 4.50. The lowest BCUT2D eigenvalue weighted by molar-refractivity contribution is 0.482. The van der Waals surface area contributed by atoms with Crippen LogP contribution in [-0.4, -0.2) is 17.8 Å². The van der Waals surface area contributed by atoms with Crippen LogP contribution in [0.15, 0.2) is 24.3 Å². The lowest BCUT2D eigenvalue weighted by Gasteiger charge is -2.25. The number of aryl methyl sites for hydroxylation is 1. The number of rotatable bonds is 5. The zero-order valence-electron chi connectivity index (χ0n) is 12.3. The first kappa shape index (κ1) is 14.9. The van der Waals surface area contributed by atoms with Crippen molar-refractivity contribution in [1.29, 1.82) is 0 Å². The molecule has 1 nitrogen and oxygen atoms in total. The Morgan fingerprint density at radius 2 is 2.05 bits per heavy atom. The molecule has 1 aromatic carbocycles. The molecule has 0 saturated heterocycles. The van der Waals surface area contributed by atoms with Crippen molar-refractivity contribution < 1.29 is 0 Å². The number of hydrogen-bond donors (Lipinski definition) is 1. The molecule has 0 heterocycles. The summed E-state index contributed by atoms with van der Waals surface area (Å²) in [4.78, 5) is 0. The second-order valence-electron chi connectivity index (χ2n) is 5.64. The van der Waals surface area contributed by atoms with Gasteiger partial charge in [-0.05, 0) is 31.9 Å². The van der Waals surface area contributed by atoms with Gasteiger partial charge in [0.2, 0.25) is 0 Å². The molecule has 1 N–H and O–H groups in total. The Hall–Kier alpha value is -0.470. The van der Waals surface area contributed by atoms with Gasteiger partial charge in [-0.15, -0.1) is 0 Å². The average molecular weight is 277 g/mol. The highest BCUT2D eigenvalue weighted by molar-refractivity contribution is 7.99. The molecule has 0 radical (unpaired) electrons. The molecule has 0 aliphatic heterocycles. The van der Waals surface area contributed by atoms with Gasteiger partial charge in [0, 0.05) is 17.0 Å². The molecule has 1 fully saturated rings. The second kappa shape index (κ2) is 7.96. The minimum Gasteiger partial charge on any atom is -0.313 e. The van der Waals surface area contributed by atoms with E-state index in [-0.39, 0.29) is 0 Å². The number of nitrogens with one attached hydrogen (secondary N) is 1. The van der Waals surface area contributed by atoms with Gasteiger partial charge in [-0.2, -0.15) is 11.8 Å². The minimum absolute atomic E-state index is 0.724. The topological polar surface area (TPSA) is 12.0 Å². The molecule has 1 aliphatic rings. The average Bonchev–Trinajstić information content (AvgIpc) is 2.62. The van der Waals surface area contributed by atoms with Gasteiger partial charge in [-0.3, -0.25) is 0 Å². The van der Waals surface area contributed by atoms with E-state index >= 15 is 0 Å². The zero-order valence-corrected chi connectivity index (χ0v) is 13.1. The van der Waals surface area contributed by atoms with Crippen LogP contribution in [0, 0.1) is 6.92 Å². The quantitative estimate of drug-likeness (QED) is 0.793. The van der Waals surface area contributed by atoms with Gasteiger partial charge in [0.1, 0.15) is 0 Å². The predicted molar refractivity (Wildman–Crippen MR) is 86.8 cm³/mol. The predicted octanol–water partition coefficient (Wildman–Crippen LogP) is 4.54. The first-order valence-corrected chi connectivity index (χ1v) is 8.75. The molecule has 2 heteroatoms. The smallest absolute Gasteiger partial charge is 0.0204 e. The lowest BCUT2D eigenvalue weighted by Crippen LogP contribution is -2.37. The van der Waals surface area contributed by atoms with E-state index in [9.17, 15) is 0 Å². The maximum absolute atomic E-state index is 3.70. The van der Waals surface area contributed by atoms with E-state index in [2.05, 4.69) is 55.2 Å². The maximum Gasteiger partial charge on any atom is 0.0204 e. The monoisotopic (exact) mass is 277 g/mol. The van der Waals surface area contributed by atoms with Crippen molar-refractivity contribution in [2.24, 2.45) is 0 Å². The first-order valence-electron chi connectivity index (χ1n) is 7.70. The molecule has 2 unspecified atom stereocenters. The van der Waals surface area contributed by atoms with Crippen molar-refractivity contribution in [3.05, 3.63) is 35.4 Å². The molecule has 19 heavy (non-hydrogen) atoms. The third-order valence-corrected chi connectivity index (χ3v) is 5.46. The van der Waals surface area contributed by atoms with Gasteiger partial charge >= 0.3 is 0 Å². The Kier molecular flexibility index (Phi) is 6.25. The fourth-order valence-electron chi connectivity index (χ4n) is 2.97. The number of hydrogen-bond acceptors (Lipinski definition) is 2. The van der Waals surface area contributed by atoms with Crippen LogP contribution in [0.1, 0.15) is 50.2 Å². The van der Waals surface area contributed by atoms with E-state index in [4.69, 9.17) is 0 Å². The fraction of sp³-hybridized carbons (Fsp3) is 0.647. The van der Waals surface area contributed by atoms with Crippen LogP contribution in [0.5, 0.6) is 0 Å². The Balaban J connectivity index is 1.91. The van der Waals surface area contributed by atoms with Crippen LogP contribution in [0.4, 0.5) is 0 Å². The molecule has 2 rings (SSSR count). The van der Waals surface area contributed by atoms with Crippen molar-refractivity contribution in [1.82, 2.24) is 5.32 Å². The van der Waals surface area contributed by atoms with E-state index in [0.717, 1.165) is 23.6 Å². The standard InChI is InChI=1S/C17H27NS/c1-3-18-16-10-5-4-6-11-17(16)19-13-15-9-7-8-14(2)12-15/h7-9,12,16-18H,3-6,10-11,13H2,1-2H3. The third-order valence-electron chi connectivity index (χ3n) is 3.97. The van der Waals surface area contributed by atoms with Crippen LogP contribution < -0.4 is 5.32 Å². The summed E-state index contributed by atoms with van der Waals surface area (Å²) in [6, 6.07) is 9.68. The molecule has 0 bridgehead atoms. The summed E-state index contributed by atoms with van der Waals surface area (Å²) >= 11 is 2.16. The lowest BCUT2D eigenvalue weighted by atomic mass is 10.1. The highest BCUT2D eigenvalue weighted by atomic mass is 32.2. The van der Waals surface area contributed by atoms with Crippen molar-refractivity contribution in [2.45, 2.75) is 63.0 Å².